The molecule has 2 heterocycles. The highest BCUT2D eigenvalue weighted by molar-refractivity contribution is 8.04. The number of nitrogens with one attached hydrogen (secondary N) is 1. The summed E-state index contributed by atoms with van der Waals surface area (Å²) in [5, 5.41) is 9.33. The normalized spacial score (nSPS) is 15.4. The highest BCUT2D eigenvalue weighted by Gasteiger charge is 2.18. The number of aromatic amines is 1. The number of aliphatic imine (C=N–C) groups is 1. The second-order valence-electron chi connectivity index (χ2n) is 3.91. The third-order valence-corrected chi connectivity index (χ3v) is 3.65. The van der Waals surface area contributed by atoms with E-state index < -0.39 is 0 Å². The summed E-state index contributed by atoms with van der Waals surface area (Å²) < 4.78 is 0. The molecule has 1 N–H and O–H groups in total. The van der Waals surface area contributed by atoms with Crippen LogP contribution in [0.15, 0.2) is 58.7 Å². The fourth-order valence-corrected chi connectivity index (χ4v) is 2.74. The number of aromatic nitrogens is 3. The Morgan fingerprint density at radius 1 is 1.11 bits per heavy atom. The van der Waals surface area contributed by atoms with Crippen LogP contribution in [0.1, 0.15) is 11.1 Å². The van der Waals surface area contributed by atoms with Crippen molar-refractivity contribution in [1.29, 1.82) is 0 Å². The van der Waals surface area contributed by atoms with E-state index in [-0.39, 0.29) is 0 Å². The van der Waals surface area contributed by atoms with E-state index in [2.05, 4.69) is 62.9 Å². The highest BCUT2D eigenvalue weighted by atomic mass is 32.2. The fourth-order valence-electron chi connectivity index (χ4n) is 1.92. The van der Waals surface area contributed by atoms with E-state index in [9.17, 15) is 0 Å². The molecule has 4 rings (SSSR count). The Hall–Kier alpha value is -2.14. The van der Waals surface area contributed by atoms with Crippen LogP contribution in [0.2, 0.25) is 0 Å². The molecule has 0 spiro atoms. The first-order valence-electron chi connectivity index (χ1n) is 5.90. The van der Waals surface area contributed by atoms with Crippen molar-refractivity contribution in [2.45, 2.75) is 0 Å². The van der Waals surface area contributed by atoms with Gasteiger partial charge in [0.2, 0.25) is 0 Å². The minimum Gasteiger partial charge on any atom is -0.272 e. The number of fused-ring (bicyclic) bond motifs is 3. The lowest BCUT2D eigenvalue weighted by atomic mass is 10.0. The molecule has 5 heteroatoms. The van der Waals surface area contributed by atoms with E-state index in [1.165, 1.54) is 16.0 Å². The Kier molecular flexibility index (Phi) is 3.56. The molecule has 4 nitrogen and oxygen atoms in total. The van der Waals surface area contributed by atoms with Crippen LogP contribution in [0.3, 0.4) is 0 Å². The van der Waals surface area contributed by atoms with Gasteiger partial charge in [-0.05, 0) is 11.6 Å². The lowest BCUT2D eigenvalue weighted by molar-refractivity contribution is 0.940. The van der Waals surface area contributed by atoms with Crippen molar-refractivity contribution < 1.29 is 0 Å². The van der Waals surface area contributed by atoms with Crippen LogP contribution >= 0.6 is 11.8 Å². The van der Waals surface area contributed by atoms with Crippen molar-refractivity contribution >= 4 is 23.5 Å². The number of hydrogen-bond acceptors (Lipinski definition) is 4. The molecule has 0 unspecified atom stereocenters. The standard InChI is InChI=1S/C12H9NS.C2H3N3/c1-2-6-10-9(4-1)5-3-7-11-12(10)13-8-14-11;1-2-4-5-3-1/h1-7H,8H2;1-2H,(H,3,4,5). The maximum atomic E-state index is 4.53. The lowest BCUT2D eigenvalue weighted by Crippen LogP contribution is -1.99. The molecule has 0 radical (unpaired) electrons. The van der Waals surface area contributed by atoms with E-state index >= 15 is 0 Å². The summed E-state index contributed by atoms with van der Waals surface area (Å²) in [4.78, 5) is 5.83. The molecule has 0 saturated heterocycles. The molecule has 0 saturated carbocycles. The Bertz CT molecular complexity index is 624. The summed E-state index contributed by atoms with van der Waals surface area (Å²) in [5.41, 5.74) is 3.69. The van der Waals surface area contributed by atoms with Gasteiger partial charge in [0.15, 0.2) is 0 Å². The summed E-state index contributed by atoms with van der Waals surface area (Å²) in [5.74, 6) is 0.864. The van der Waals surface area contributed by atoms with Gasteiger partial charge in [0, 0.05) is 10.5 Å². The first-order chi connectivity index (χ1) is 9.45. The van der Waals surface area contributed by atoms with E-state index in [1.807, 2.05) is 11.8 Å². The Morgan fingerprint density at radius 2 is 1.95 bits per heavy atom. The topological polar surface area (TPSA) is 53.9 Å². The predicted molar refractivity (Wildman–Crippen MR) is 78.9 cm³/mol. The van der Waals surface area contributed by atoms with Crippen LogP contribution in [0.5, 0.6) is 0 Å². The van der Waals surface area contributed by atoms with Gasteiger partial charge in [0.25, 0.3) is 0 Å². The van der Waals surface area contributed by atoms with Crippen LogP contribution < -0.4 is 0 Å². The van der Waals surface area contributed by atoms with Gasteiger partial charge in [-0.2, -0.15) is 15.4 Å². The van der Waals surface area contributed by atoms with E-state index in [0.717, 1.165) is 11.6 Å². The number of thioether (sulfide) groups is 1. The van der Waals surface area contributed by atoms with Gasteiger partial charge >= 0.3 is 0 Å². The monoisotopic (exact) mass is 268 g/mol. The number of H-pyrrole nitrogens is 1. The van der Waals surface area contributed by atoms with E-state index in [1.54, 1.807) is 12.4 Å². The third-order valence-electron chi connectivity index (χ3n) is 2.75. The van der Waals surface area contributed by atoms with Crippen molar-refractivity contribution in [3.05, 3.63) is 64.8 Å². The summed E-state index contributed by atoms with van der Waals surface area (Å²) in [6.07, 6.45) is 9.56. The highest BCUT2D eigenvalue weighted by Crippen LogP contribution is 2.31. The van der Waals surface area contributed by atoms with Crippen LogP contribution in [-0.4, -0.2) is 27.0 Å². The molecule has 0 amide bonds. The molecule has 94 valence electrons. The Labute approximate surface area is 115 Å². The Balaban J connectivity index is 0.000000187. The molecule has 2 aromatic rings. The summed E-state index contributed by atoms with van der Waals surface area (Å²) in [6.45, 7) is 0. The molecule has 0 atom stereocenters. The minimum absolute atomic E-state index is 0.864. The molecule has 1 aromatic carbocycles. The average Bonchev–Trinajstić information content (AvgIpc) is 3.12. The van der Waals surface area contributed by atoms with Crippen molar-refractivity contribution in [3.63, 3.8) is 0 Å². The zero-order chi connectivity index (χ0) is 12.9. The quantitative estimate of drug-likeness (QED) is 0.799. The van der Waals surface area contributed by atoms with Crippen LogP contribution in [0, 0.1) is 0 Å². The molecule has 1 aliphatic carbocycles. The zero-order valence-corrected chi connectivity index (χ0v) is 11.0. The summed E-state index contributed by atoms with van der Waals surface area (Å²) in [7, 11) is 0. The fraction of sp³-hybridized carbons (Fsp3) is 0.0714. The number of nitrogens with zero attached hydrogens (tertiary/aromatic N) is 3. The average molecular weight is 268 g/mol. The molecule has 1 aliphatic heterocycles. The van der Waals surface area contributed by atoms with Gasteiger partial charge < -0.3 is 0 Å². The predicted octanol–water partition coefficient (Wildman–Crippen LogP) is 2.90. The molecule has 1 aromatic heterocycles. The van der Waals surface area contributed by atoms with Gasteiger partial charge in [-0.1, -0.05) is 36.4 Å². The van der Waals surface area contributed by atoms with Gasteiger partial charge in [-0.25, -0.2) is 0 Å². The number of hydrogen-bond donors (Lipinski definition) is 1. The minimum atomic E-state index is 0.864. The van der Waals surface area contributed by atoms with Crippen LogP contribution in [0.4, 0.5) is 0 Å². The maximum Gasteiger partial charge on any atom is 0.0898 e. The molecular weight excluding hydrogens is 256 g/mol. The first-order valence-corrected chi connectivity index (χ1v) is 6.89. The van der Waals surface area contributed by atoms with Crippen molar-refractivity contribution in [3.8, 4) is 0 Å². The van der Waals surface area contributed by atoms with Gasteiger partial charge in [0.05, 0.1) is 24.0 Å². The largest absolute Gasteiger partial charge is 0.272 e. The van der Waals surface area contributed by atoms with Crippen molar-refractivity contribution in [1.82, 2.24) is 15.4 Å². The first kappa shape index (κ1) is 11.9. The second-order valence-corrected chi connectivity index (χ2v) is 4.90. The summed E-state index contributed by atoms with van der Waals surface area (Å²) >= 11 is 1.81. The molecule has 0 bridgehead atoms. The van der Waals surface area contributed by atoms with Crippen molar-refractivity contribution in [2.24, 2.45) is 4.99 Å². The van der Waals surface area contributed by atoms with Crippen LogP contribution in [0.25, 0.3) is 6.08 Å². The maximum absolute atomic E-state index is 4.53. The number of benzene rings is 1. The number of rotatable bonds is 0. The summed E-state index contributed by atoms with van der Waals surface area (Å²) in [6, 6.07) is 8.41. The van der Waals surface area contributed by atoms with Gasteiger partial charge in [-0.3, -0.25) is 4.99 Å². The van der Waals surface area contributed by atoms with Gasteiger partial charge in [-0.15, -0.1) is 11.8 Å². The van der Waals surface area contributed by atoms with Crippen molar-refractivity contribution in [2.75, 3.05) is 5.88 Å². The number of allylic oxidation sites excluding steroid dienone is 3. The Morgan fingerprint density at radius 3 is 2.74 bits per heavy atom. The molecular formula is C14H12N4S. The smallest absolute Gasteiger partial charge is 0.0898 e. The van der Waals surface area contributed by atoms with E-state index in [0.29, 0.717) is 0 Å². The molecule has 0 fully saturated rings. The second kappa shape index (κ2) is 5.67. The lowest BCUT2D eigenvalue weighted by Gasteiger charge is -2.04. The van der Waals surface area contributed by atoms with Gasteiger partial charge in [0.1, 0.15) is 0 Å². The van der Waals surface area contributed by atoms with E-state index in [4.69, 9.17) is 0 Å². The molecule has 2 aliphatic rings. The third kappa shape index (κ3) is 2.66. The zero-order valence-electron chi connectivity index (χ0n) is 10.2. The van der Waals surface area contributed by atoms with Crippen LogP contribution in [-0.2, 0) is 0 Å². The SMILES string of the molecule is C1=Cc2ccccc2C2=NCSC2=C1.c1cn[nH]n1. The molecule has 19 heavy (non-hydrogen) atoms.